The molecule has 0 saturated heterocycles. The molecule has 24 heavy (non-hydrogen) atoms. The van der Waals surface area contributed by atoms with Crippen molar-refractivity contribution in [1.82, 2.24) is 19.7 Å². The van der Waals surface area contributed by atoms with Crippen molar-refractivity contribution >= 4 is 28.5 Å². The predicted octanol–water partition coefficient (Wildman–Crippen LogP) is 3.87. The van der Waals surface area contributed by atoms with Crippen LogP contribution in [-0.4, -0.2) is 26.3 Å². The second-order valence-electron chi connectivity index (χ2n) is 6.51. The van der Waals surface area contributed by atoms with E-state index in [4.69, 9.17) is 0 Å². The van der Waals surface area contributed by atoms with Gasteiger partial charge < -0.3 is 10.6 Å². The first-order chi connectivity index (χ1) is 11.5. The largest absolute Gasteiger partial charge is 0.354 e. The molecule has 1 aromatic carbocycles. The van der Waals surface area contributed by atoms with Gasteiger partial charge in [0.05, 0.1) is 11.6 Å². The quantitative estimate of drug-likeness (QED) is 0.720. The highest BCUT2D eigenvalue weighted by Gasteiger charge is 2.12. The molecule has 0 aliphatic heterocycles. The molecule has 6 heteroatoms. The fourth-order valence-electron chi connectivity index (χ4n) is 2.53. The first-order valence-corrected chi connectivity index (χ1v) is 8.30. The number of aryl methyl sites for hydroxylation is 2. The summed E-state index contributed by atoms with van der Waals surface area (Å²) in [7, 11) is 1.89. The molecule has 0 spiro atoms. The van der Waals surface area contributed by atoms with Crippen molar-refractivity contribution in [3.05, 3.63) is 36.0 Å². The first kappa shape index (κ1) is 16.2. The molecular weight excluding hydrogens is 300 g/mol. The van der Waals surface area contributed by atoms with Crippen molar-refractivity contribution in [2.75, 3.05) is 17.2 Å². The van der Waals surface area contributed by atoms with E-state index >= 15 is 0 Å². The summed E-state index contributed by atoms with van der Waals surface area (Å²) in [5.74, 6) is 2.04. The van der Waals surface area contributed by atoms with Gasteiger partial charge >= 0.3 is 0 Å². The van der Waals surface area contributed by atoms with Crippen molar-refractivity contribution in [1.29, 1.82) is 0 Å². The third kappa shape index (κ3) is 3.64. The van der Waals surface area contributed by atoms with Gasteiger partial charge in [-0.2, -0.15) is 15.1 Å². The van der Waals surface area contributed by atoms with Gasteiger partial charge in [0.2, 0.25) is 5.95 Å². The van der Waals surface area contributed by atoms with E-state index in [1.54, 1.807) is 10.9 Å². The monoisotopic (exact) mass is 324 g/mol. The Morgan fingerprint density at radius 2 is 2.04 bits per heavy atom. The topological polar surface area (TPSA) is 67.7 Å². The van der Waals surface area contributed by atoms with Gasteiger partial charge in [-0.1, -0.05) is 26.0 Å². The smallest absolute Gasteiger partial charge is 0.226 e. The lowest BCUT2D eigenvalue weighted by atomic mass is 10.1. The molecule has 0 radical (unpaired) electrons. The first-order valence-electron chi connectivity index (χ1n) is 8.30. The van der Waals surface area contributed by atoms with Gasteiger partial charge in [-0.25, -0.2) is 0 Å². The van der Waals surface area contributed by atoms with Crippen LogP contribution in [-0.2, 0) is 7.05 Å². The summed E-state index contributed by atoms with van der Waals surface area (Å²) < 4.78 is 1.77. The number of hydrogen-bond donors (Lipinski definition) is 2. The fourth-order valence-corrected chi connectivity index (χ4v) is 2.53. The third-order valence-corrected chi connectivity index (χ3v) is 3.88. The molecule has 6 nitrogen and oxygen atoms in total. The average molecular weight is 324 g/mol. The van der Waals surface area contributed by atoms with E-state index in [2.05, 4.69) is 58.6 Å². The second kappa shape index (κ2) is 6.86. The van der Waals surface area contributed by atoms with E-state index in [-0.39, 0.29) is 0 Å². The molecule has 0 bridgehead atoms. The van der Waals surface area contributed by atoms with Crippen molar-refractivity contribution < 1.29 is 0 Å². The normalized spacial score (nSPS) is 11.2. The highest BCUT2D eigenvalue weighted by atomic mass is 15.3. The molecule has 0 aliphatic carbocycles. The van der Waals surface area contributed by atoms with Crippen molar-refractivity contribution in [3.8, 4) is 0 Å². The van der Waals surface area contributed by atoms with Gasteiger partial charge in [0.25, 0.3) is 0 Å². The Labute approximate surface area is 142 Å². The predicted molar refractivity (Wildman–Crippen MR) is 98.7 cm³/mol. The van der Waals surface area contributed by atoms with Gasteiger partial charge in [-0.3, -0.25) is 4.68 Å². The molecule has 0 fully saturated rings. The van der Waals surface area contributed by atoms with Crippen LogP contribution in [0, 0.1) is 12.8 Å². The number of nitrogens with zero attached hydrogens (tertiary/aromatic N) is 4. The zero-order valence-corrected chi connectivity index (χ0v) is 14.7. The zero-order valence-electron chi connectivity index (χ0n) is 14.7. The Hall–Kier alpha value is -2.63. The summed E-state index contributed by atoms with van der Waals surface area (Å²) in [4.78, 5) is 9.24. The molecule has 0 saturated carbocycles. The summed E-state index contributed by atoms with van der Waals surface area (Å²) in [5, 5.41) is 11.9. The Kier molecular flexibility index (Phi) is 4.64. The van der Waals surface area contributed by atoms with E-state index in [0.29, 0.717) is 11.9 Å². The minimum atomic E-state index is 0.627. The van der Waals surface area contributed by atoms with E-state index in [1.807, 2.05) is 19.2 Å². The lowest BCUT2D eigenvalue weighted by Crippen LogP contribution is -2.09. The van der Waals surface area contributed by atoms with Gasteiger partial charge in [-0.15, -0.1) is 0 Å². The molecule has 2 aromatic heterocycles. The van der Waals surface area contributed by atoms with Crippen molar-refractivity contribution in [3.63, 3.8) is 0 Å². The van der Waals surface area contributed by atoms with Gasteiger partial charge in [0.1, 0.15) is 5.82 Å². The van der Waals surface area contributed by atoms with Crippen LogP contribution in [0.1, 0.15) is 25.8 Å². The van der Waals surface area contributed by atoms with Crippen molar-refractivity contribution in [2.24, 2.45) is 13.0 Å². The number of nitrogens with one attached hydrogen (secondary N) is 2. The molecule has 3 aromatic rings. The van der Waals surface area contributed by atoms with Crippen LogP contribution >= 0.6 is 0 Å². The zero-order chi connectivity index (χ0) is 17.1. The number of benzene rings is 1. The molecule has 0 atom stereocenters. The summed E-state index contributed by atoms with van der Waals surface area (Å²) in [5.41, 5.74) is 3.02. The number of anilines is 3. The molecule has 0 unspecified atom stereocenters. The van der Waals surface area contributed by atoms with Gasteiger partial charge in [0.15, 0.2) is 5.65 Å². The number of rotatable bonds is 6. The second-order valence-corrected chi connectivity index (χ2v) is 6.51. The molecule has 0 amide bonds. The maximum absolute atomic E-state index is 4.65. The minimum Gasteiger partial charge on any atom is -0.354 e. The summed E-state index contributed by atoms with van der Waals surface area (Å²) in [6, 6.07) is 8.23. The van der Waals surface area contributed by atoms with E-state index < -0.39 is 0 Å². The molecule has 2 heterocycles. The number of hydrogen-bond acceptors (Lipinski definition) is 5. The number of aromatic nitrogens is 4. The summed E-state index contributed by atoms with van der Waals surface area (Å²) in [6.07, 6.45) is 2.87. The van der Waals surface area contributed by atoms with E-state index in [0.717, 1.165) is 35.5 Å². The third-order valence-electron chi connectivity index (χ3n) is 3.88. The maximum atomic E-state index is 4.65. The highest BCUT2D eigenvalue weighted by molar-refractivity contribution is 5.89. The minimum absolute atomic E-state index is 0.627. The Balaban J connectivity index is 1.92. The van der Waals surface area contributed by atoms with Crippen LogP contribution in [0.4, 0.5) is 17.5 Å². The molecule has 126 valence electrons. The molecule has 3 rings (SSSR count). The highest BCUT2D eigenvalue weighted by Crippen LogP contribution is 2.25. The lowest BCUT2D eigenvalue weighted by Gasteiger charge is -2.11. The van der Waals surface area contributed by atoms with Crippen LogP contribution in [0.15, 0.2) is 30.5 Å². The SMILES string of the molecule is Cc1cccc(Nc2nc(NCCC(C)C)nc3c2cnn3C)c1. The van der Waals surface area contributed by atoms with Crippen LogP contribution in [0.2, 0.25) is 0 Å². The van der Waals surface area contributed by atoms with E-state index in [1.165, 1.54) is 5.56 Å². The summed E-state index contributed by atoms with van der Waals surface area (Å²) in [6.45, 7) is 7.34. The molecule has 2 N–H and O–H groups in total. The van der Waals surface area contributed by atoms with Crippen LogP contribution < -0.4 is 10.6 Å². The van der Waals surface area contributed by atoms with Crippen LogP contribution in [0.3, 0.4) is 0 Å². The molecule has 0 aliphatic rings. The fraction of sp³-hybridized carbons (Fsp3) is 0.389. The molecular formula is C18H24N6. The van der Waals surface area contributed by atoms with Gasteiger partial charge in [-0.05, 0) is 37.0 Å². The maximum Gasteiger partial charge on any atom is 0.226 e. The van der Waals surface area contributed by atoms with Crippen LogP contribution in [0.5, 0.6) is 0 Å². The number of fused-ring (bicyclic) bond motifs is 1. The van der Waals surface area contributed by atoms with Crippen LogP contribution in [0.25, 0.3) is 11.0 Å². The van der Waals surface area contributed by atoms with Crippen molar-refractivity contribution in [2.45, 2.75) is 27.2 Å². The Morgan fingerprint density at radius 3 is 2.79 bits per heavy atom. The van der Waals surface area contributed by atoms with E-state index in [9.17, 15) is 0 Å². The lowest BCUT2D eigenvalue weighted by molar-refractivity contribution is 0.606. The Morgan fingerprint density at radius 1 is 1.21 bits per heavy atom. The Bertz CT molecular complexity index is 837. The summed E-state index contributed by atoms with van der Waals surface area (Å²) >= 11 is 0. The van der Waals surface area contributed by atoms with Gasteiger partial charge in [0, 0.05) is 19.3 Å². The average Bonchev–Trinajstić information content (AvgIpc) is 2.89. The standard InChI is InChI=1S/C18H24N6/c1-12(2)8-9-19-18-22-16(15-11-20-24(4)17(15)23-18)21-14-7-5-6-13(3)10-14/h5-7,10-12H,8-9H2,1-4H3,(H2,19,21,22,23).